The van der Waals surface area contributed by atoms with E-state index in [-0.39, 0.29) is 17.9 Å². The predicted molar refractivity (Wildman–Crippen MR) is 125 cm³/mol. The molecule has 0 saturated heterocycles. The summed E-state index contributed by atoms with van der Waals surface area (Å²) in [7, 11) is 0. The Hall–Kier alpha value is -2.63. The van der Waals surface area contributed by atoms with Crippen LogP contribution < -0.4 is 10.2 Å². The molecule has 5 rings (SSSR count). The molecule has 1 aliphatic heterocycles. The number of hydrogen-bond donors (Lipinski definition) is 1. The highest BCUT2D eigenvalue weighted by molar-refractivity contribution is 6.12. The van der Waals surface area contributed by atoms with Crippen LogP contribution in [0.1, 0.15) is 91.5 Å². The monoisotopic (exact) mass is 434 g/mol. The topological polar surface area (TPSA) is 67.2 Å². The molecule has 2 aromatic rings. The Morgan fingerprint density at radius 2 is 1.78 bits per heavy atom. The molecule has 3 aliphatic rings. The van der Waals surface area contributed by atoms with Crippen LogP contribution >= 0.6 is 0 Å². The third-order valence-corrected chi connectivity index (χ3v) is 7.45. The number of aryl methyl sites for hydroxylation is 2. The van der Waals surface area contributed by atoms with Gasteiger partial charge in [-0.3, -0.25) is 19.2 Å². The van der Waals surface area contributed by atoms with Gasteiger partial charge in [0.05, 0.1) is 12.2 Å². The molecule has 2 saturated carbocycles. The molecule has 0 bridgehead atoms. The first-order valence-electron chi connectivity index (χ1n) is 12.2. The Kier molecular flexibility index (Phi) is 5.34. The highest BCUT2D eigenvalue weighted by atomic mass is 16.2. The SMILES string of the molecule is Cc1ccc(C)c(N2C(=O)c3cc(C4CC4)nn3CC2(C)C(=O)NC2CCCCCC2)c1. The molecule has 6 heteroatoms. The predicted octanol–water partition coefficient (Wildman–Crippen LogP) is 4.64. The Labute approximate surface area is 190 Å². The van der Waals surface area contributed by atoms with E-state index in [0.717, 1.165) is 61.0 Å². The van der Waals surface area contributed by atoms with E-state index in [1.807, 2.05) is 45.0 Å². The van der Waals surface area contributed by atoms with Crippen molar-refractivity contribution in [2.24, 2.45) is 0 Å². The average molecular weight is 435 g/mol. The van der Waals surface area contributed by atoms with Crippen LogP contribution in [-0.4, -0.2) is 33.2 Å². The maximum absolute atomic E-state index is 13.9. The Morgan fingerprint density at radius 3 is 2.47 bits per heavy atom. The van der Waals surface area contributed by atoms with E-state index in [4.69, 9.17) is 5.10 Å². The van der Waals surface area contributed by atoms with Gasteiger partial charge in [0.15, 0.2) is 0 Å². The van der Waals surface area contributed by atoms with E-state index in [2.05, 4.69) is 5.32 Å². The van der Waals surface area contributed by atoms with Gasteiger partial charge >= 0.3 is 0 Å². The smallest absolute Gasteiger partial charge is 0.277 e. The Bertz CT molecular complexity index is 1050. The van der Waals surface area contributed by atoms with Gasteiger partial charge in [-0.1, -0.05) is 37.8 Å². The largest absolute Gasteiger partial charge is 0.351 e. The first kappa shape index (κ1) is 21.2. The molecule has 170 valence electrons. The van der Waals surface area contributed by atoms with Gasteiger partial charge in [0.2, 0.25) is 5.91 Å². The zero-order valence-electron chi connectivity index (χ0n) is 19.5. The zero-order valence-corrected chi connectivity index (χ0v) is 19.5. The van der Waals surface area contributed by atoms with Gasteiger partial charge in [-0.05, 0) is 69.7 Å². The summed E-state index contributed by atoms with van der Waals surface area (Å²) in [6, 6.07) is 8.23. The van der Waals surface area contributed by atoms with Crippen LogP contribution in [0.15, 0.2) is 24.3 Å². The molecular formula is C26H34N4O2. The minimum atomic E-state index is -1.04. The molecule has 2 aliphatic carbocycles. The summed E-state index contributed by atoms with van der Waals surface area (Å²) in [5.74, 6) is 0.247. The van der Waals surface area contributed by atoms with Gasteiger partial charge < -0.3 is 5.32 Å². The molecule has 2 fully saturated rings. The third kappa shape index (κ3) is 3.74. The van der Waals surface area contributed by atoms with Gasteiger partial charge in [-0.25, -0.2) is 0 Å². The minimum absolute atomic E-state index is 0.0761. The molecule has 2 heterocycles. The summed E-state index contributed by atoms with van der Waals surface area (Å²) in [6.45, 7) is 6.30. The van der Waals surface area contributed by atoms with Gasteiger partial charge in [0.1, 0.15) is 11.2 Å². The lowest BCUT2D eigenvalue weighted by Crippen LogP contribution is -2.65. The van der Waals surface area contributed by atoms with Crippen LogP contribution in [0.25, 0.3) is 0 Å². The van der Waals surface area contributed by atoms with Crippen molar-refractivity contribution in [2.75, 3.05) is 4.90 Å². The molecule has 0 radical (unpaired) electrons. The molecule has 2 amide bonds. The van der Waals surface area contributed by atoms with Crippen molar-refractivity contribution < 1.29 is 9.59 Å². The van der Waals surface area contributed by atoms with Crippen molar-refractivity contribution in [3.8, 4) is 0 Å². The zero-order chi connectivity index (χ0) is 22.5. The van der Waals surface area contributed by atoms with Crippen molar-refractivity contribution >= 4 is 17.5 Å². The number of amides is 2. The number of rotatable bonds is 4. The fourth-order valence-corrected chi connectivity index (χ4v) is 5.28. The van der Waals surface area contributed by atoms with Crippen LogP contribution in [0.2, 0.25) is 0 Å². The number of hydrogen-bond acceptors (Lipinski definition) is 3. The highest BCUT2D eigenvalue weighted by Crippen LogP contribution is 2.41. The normalized spacial score (nSPS) is 24.2. The first-order chi connectivity index (χ1) is 15.4. The number of aromatic nitrogens is 2. The molecular weight excluding hydrogens is 400 g/mol. The summed E-state index contributed by atoms with van der Waals surface area (Å²) in [5.41, 5.74) is 3.42. The van der Waals surface area contributed by atoms with Gasteiger partial charge in [0.25, 0.3) is 5.91 Å². The van der Waals surface area contributed by atoms with E-state index in [1.54, 1.807) is 9.58 Å². The summed E-state index contributed by atoms with van der Waals surface area (Å²) >= 11 is 0. The maximum atomic E-state index is 13.9. The van der Waals surface area contributed by atoms with Crippen LogP contribution in [0.3, 0.4) is 0 Å². The molecule has 1 N–H and O–H groups in total. The number of nitrogens with zero attached hydrogens (tertiary/aromatic N) is 3. The number of anilines is 1. The van der Waals surface area contributed by atoms with Crippen LogP contribution in [0.4, 0.5) is 5.69 Å². The fourth-order valence-electron chi connectivity index (χ4n) is 5.28. The third-order valence-electron chi connectivity index (χ3n) is 7.45. The van der Waals surface area contributed by atoms with Crippen molar-refractivity contribution in [1.29, 1.82) is 0 Å². The fraction of sp³-hybridized carbons (Fsp3) is 0.577. The highest BCUT2D eigenvalue weighted by Gasteiger charge is 2.50. The lowest BCUT2D eigenvalue weighted by Gasteiger charge is -2.44. The van der Waals surface area contributed by atoms with Gasteiger partial charge in [0, 0.05) is 17.6 Å². The van der Waals surface area contributed by atoms with E-state index >= 15 is 0 Å². The summed E-state index contributed by atoms with van der Waals surface area (Å²) in [6.07, 6.45) is 9.05. The number of carbonyl (C=O) groups is 2. The number of nitrogens with one attached hydrogen (secondary N) is 1. The standard InChI is InChI=1S/C26H34N4O2/c1-17-10-11-18(2)22(14-17)30-24(31)23-15-21(19-12-13-19)28-29(23)16-26(30,3)25(32)27-20-8-6-4-5-7-9-20/h10-11,14-15,19-20H,4-9,12-13,16H2,1-3H3,(H,27,32). The number of fused-ring (bicyclic) bond motifs is 1. The summed E-state index contributed by atoms with van der Waals surface area (Å²) < 4.78 is 1.78. The molecule has 1 atom stereocenters. The van der Waals surface area contributed by atoms with Crippen LogP contribution in [-0.2, 0) is 11.3 Å². The van der Waals surface area contributed by atoms with E-state index < -0.39 is 5.54 Å². The van der Waals surface area contributed by atoms with E-state index in [1.165, 1.54) is 12.8 Å². The molecule has 1 aromatic heterocycles. The van der Waals surface area contributed by atoms with Crippen molar-refractivity contribution in [3.63, 3.8) is 0 Å². The number of benzene rings is 1. The molecule has 0 spiro atoms. The van der Waals surface area contributed by atoms with E-state index in [9.17, 15) is 9.59 Å². The first-order valence-corrected chi connectivity index (χ1v) is 12.2. The Morgan fingerprint density at radius 1 is 1.06 bits per heavy atom. The molecule has 6 nitrogen and oxygen atoms in total. The lowest BCUT2D eigenvalue weighted by atomic mass is 9.92. The lowest BCUT2D eigenvalue weighted by molar-refractivity contribution is -0.127. The second kappa shape index (κ2) is 8.05. The van der Waals surface area contributed by atoms with Gasteiger partial charge in [-0.2, -0.15) is 5.10 Å². The second-order valence-corrected chi connectivity index (χ2v) is 10.3. The number of carbonyl (C=O) groups excluding carboxylic acids is 2. The summed E-state index contributed by atoms with van der Waals surface area (Å²) in [4.78, 5) is 29.5. The minimum Gasteiger partial charge on any atom is -0.351 e. The Balaban J connectivity index is 1.55. The molecule has 32 heavy (non-hydrogen) atoms. The van der Waals surface area contributed by atoms with Crippen molar-refractivity contribution in [3.05, 3.63) is 46.8 Å². The van der Waals surface area contributed by atoms with Crippen molar-refractivity contribution in [1.82, 2.24) is 15.1 Å². The second-order valence-electron chi connectivity index (χ2n) is 10.3. The van der Waals surface area contributed by atoms with Crippen LogP contribution in [0.5, 0.6) is 0 Å². The maximum Gasteiger partial charge on any atom is 0.277 e. The van der Waals surface area contributed by atoms with Gasteiger partial charge in [-0.15, -0.1) is 0 Å². The van der Waals surface area contributed by atoms with Crippen molar-refractivity contribution in [2.45, 2.75) is 96.2 Å². The molecule has 1 aromatic carbocycles. The van der Waals surface area contributed by atoms with Crippen LogP contribution in [0, 0.1) is 13.8 Å². The van der Waals surface area contributed by atoms with E-state index in [0.29, 0.717) is 18.2 Å². The molecule has 1 unspecified atom stereocenters. The quantitative estimate of drug-likeness (QED) is 0.713. The summed E-state index contributed by atoms with van der Waals surface area (Å²) in [5, 5.41) is 8.08. The average Bonchev–Trinajstić information content (AvgIpc) is 3.56.